The number of anilines is 1. The topological polar surface area (TPSA) is 80.0 Å². The Labute approximate surface area is 118 Å². The number of aryl methyl sites for hydroxylation is 1. The van der Waals surface area contributed by atoms with Crippen LogP contribution in [0.1, 0.15) is 12.6 Å². The molecule has 2 aromatic rings. The maximum absolute atomic E-state index is 12.1. The molecule has 0 saturated heterocycles. The molecule has 0 spiro atoms. The van der Waals surface area contributed by atoms with Gasteiger partial charge in [-0.2, -0.15) is 4.98 Å². The van der Waals surface area contributed by atoms with Crippen LogP contribution in [-0.2, 0) is 6.54 Å². The van der Waals surface area contributed by atoms with Crippen LogP contribution in [0.3, 0.4) is 0 Å². The highest BCUT2D eigenvalue weighted by molar-refractivity contribution is 9.10. The molecule has 0 atom stereocenters. The highest BCUT2D eigenvalue weighted by Crippen LogP contribution is 2.19. The summed E-state index contributed by atoms with van der Waals surface area (Å²) in [6.45, 7) is 4.60. The molecule has 0 unspecified atom stereocenters. The van der Waals surface area contributed by atoms with Gasteiger partial charge in [0.2, 0.25) is 5.95 Å². The second-order valence-corrected chi connectivity index (χ2v) is 4.93. The van der Waals surface area contributed by atoms with Crippen LogP contribution in [-0.4, -0.2) is 32.8 Å². The standard InChI is InChI=1S/C12H15BrN4O2/c1-3-14-12-15-7(2)8-6-9(13)11(19)17(4-5-18)10(8)16-12/h6,18H,3-5H2,1-2H3,(H,14,15,16). The van der Waals surface area contributed by atoms with Gasteiger partial charge in [0, 0.05) is 11.9 Å². The molecular weight excluding hydrogens is 312 g/mol. The monoisotopic (exact) mass is 326 g/mol. The Kier molecular flexibility index (Phi) is 4.16. The van der Waals surface area contributed by atoms with Gasteiger partial charge in [-0.05, 0) is 35.8 Å². The van der Waals surface area contributed by atoms with Crippen LogP contribution in [0.25, 0.3) is 11.0 Å². The summed E-state index contributed by atoms with van der Waals surface area (Å²) in [5.41, 5.74) is 1.11. The summed E-state index contributed by atoms with van der Waals surface area (Å²) in [4.78, 5) is 20.8. The van der Waals surface area contributed by atoms with Crippen molar-refractivity contribution in [2.75, 3.05) is 18.5 Å². The van der Waals surface area contributed by atoms with Gasteiger partial charge in [-0.15, -0.1) is 0 Å². The SMILES string of the molecule is CCNc1nc(C)c2cc(Br)c(=O)n(CCO)c2n1. The molecule has 2 N–H and O–H groups in total. The van der Waals surface area contributed by atoms with Crippen molar-refractivity contribution >= 4 is 32.9 Å². The van der Waals surface area contributed by atoms with Crippen LogP contribution >= 0.6 is 15.9 Å². The first-order valence-electron chi connectivity index (χ1n) is 6.01. The fraction of sp³-hybridized carbons (Fsp3) is 0.417. The molecule has 102 valence electrons. The minimum Gasteiger partial charge on any atom is -0.395 e. The fourth-order valence-electron chi connectivity index (χ4n) is 1.90. The lowest BCUT2D eigenvalue weighted by molar-refractivity contribution is 0.276. The Morgan fingerprint density at radius 2 is 2.21 bits per heavy atom. The van der Waals surface area contributed by atoms with Gasteiger partial charge in [-0.1, -0.05) is 0 Å². The quantitative estimate of drug-likeness (QED) is 0.884. The van der Waals surface area contributed by atoms with Crippen molar-refractivity contribution in [1.29, 1.82) is 0 Å². The molecule has 2 heterocycles. The summed E-state index contributed by atoms with van der Waals surface area (Å²) in [7, 11) is 0. The highest BCUT2D eigenvalue weighted by Gasteiger charge is 2.12. The fourth-order valence-corrected chi connectivity index (χ4v) is 2.34. The number of fused-ring (bicyclic) bond motifs is 1. The summed E-state index contributed by atoms with van der Waals surface area (Å²) in [5.74, 6) is 0.487. The summed E-state index contributed by atoms with van der Waals surface area (Å²) in [6, 6.07) is 1.72. The van der Waals surface area contributed by atoms with Crippen molar-refractivity contribution < 1.29 is 5.11 Å². The first-order chi connectivity index (χ1) is 9.08. The zero-order valence-electron chi connectivity index (χ0n) is 10.8. The first kappa shape index (κ1) is 14.0. The van der Waals surface area contributed by atoms with Crippen molar-refractivity contribution in [3.05, 3.63) is 26.6 Å². The van der Waals surface area contributed by atoms with Gasteiger partial charge >= 0.3 is 0 Å². The van der Waals surface area contributed by atoms with Gasteiger partial charge in [-0.3, -0.25) is 9.36 Å². The second kappa shape index (κ2) is 5.66. The third-order valence-electron chi connectivity index (χ3n) is 2.75. The average Bonchev–Trinajstić information content (AvgIpc) is 2.37. The molecule has 0 aliphatic rings. The molecule has 0 radical (unpaired) electrons. The second-order valence-electron chi connectivity index (χ2n) is 4.07. The maximum Gasteiger partial charge on any atom is 0.266 e. The van der Waals surface area contributed by atoms with Gasteiger partial charge in [0.05, 0.1) is 23.3 Å². The number of aromatic nitrogens is 3. The molecule has 0 bridgehead atoms. The molecule has 7 heteroatoms. The Balaban J connectivity index is 2.80. The van der Waals surface area contributed by atoms with E-state index in [1.165, 1.54) is 4.57 Å². The number of halogens is 1. The minimum absolute atomic E-state index is 0.120. The zero-order chi connectivity index (χ0) is 14.0. The summed E-state index contributed by atoms with van der Waals surface area (Å²) in [5, 5.41) is 12.9. The molecule has 6 nitrogen and oxygen atoms in total. The Bertz CT molecular complexity index is 669. The number of hydrogen-bond acceptors (Lipinski definition) is 5. The number of aliphatic hydroxyl groups excluding tert-OH is 1. The average molecular weight is 327 g/mol. The van der Waals surface area contributed by atoms with E-state index in [4.69, 9.17) is 5.11 Å². The van der Waals surface area contributed by atoms with Crippen LogP contribution in [0.2, 0.25) is 0 Å². The van der Waals surface area contributed by atoms with E-state index in [-0.39, 0.29) is 18.7 Å². The van der Waals surface area contributed by atoms with Gasteiger partial charge in [-0.25, -0.2) is 4.98 Å². The van der Waals surface area contributed by atoms with E-state index < -0.39 is 0 Å². The van der Waals surface area contributed by atoms with Gasteiger partial charge < -0.3 is 10.4 Å². The summed E-state index contributed by atoms with van der Waals surface area (Å²) >= 11 is 3.23. The highest BCUT2D eigenvalue weighted by atomic mass is 79.9. The van der Waals surface area contributed by atoms with Crippen LogP contribution < -0.4 is 10.9 Å². The Morgan fingerprint density at radius 1 is 1.47 bits per heavy atom. The smallest absolute Gasteiger partial charge is 0.266 e. The van der Waals surface area contributed by atoms with Gasteiger partial charge in [0.15, 0.2) is 0 Å². The molecule has 2 rings (SSSR count). The van der Waals surface area contributed by atoms with Gasteiger partial charge in [0.1, 0.15) is 5.65 Å². The largest absolute Gasteiger partial charge is 0.395 e. The van der Waals surface area contributed by atoms with E-state index in [0.717, 1.165) is 11.1 Å². The normalized spacial score (nSPS) is 10.9. The third kappa shape index (κ3) is 2.62. The number of pyridine rings is 1. The van der Waals surface area contributed by atoms with Crippen LogP contribution in [0.15, 0.2) is 15.3 Å². The minimum atomic E-state index is -0.206. The van der Waals surface area contributed by atoms with Crippen LogP contribution in [0.5, 0.6) is 0 Å². The molecule has 0 fully saturated rings. The lowest BCUT2D eigenvalue weighted by atomic mass is 10.2. The Morgan fingerprint density at radius 3 is 2.84 bits per heavy atom. The van der Waals surface area contributed by atoms with E-state index in [0.29, 0.717) is 22.6 Å². The van der Waals surface area contributed by atoms with Crippen molar-refractivity contribution in [3.8, 4) is 0 Å². The van der Waals surface area contributed by atoms with Gasteiger partial charge in [0.25, 0.3) is 5.56 Å². The first-order valence-corrected chi connectivity index (χ1v) is 6.80. The predicted molar refractivity (Wildman–Crippen MR) is 77.5 cm³/mol. The number of rotatable bonds is 4. The number of nitrogens with zero attached hydrogens (tertiary/aromatic N) is 3. The molecule has 0 aromatic carbocycles. The van der Waals surface area contributed by atoms with E-state index in [1.54, 1.807) is 6.07 Å². The Hall–Kier alpha value is -1.47. The molecule has 19 heavy (non-hydrogen) atoms. The molecule has 2 aromatic heterocycles. The van der Waals surface area contributed by atoms with Crippen LogP contribution in [0, 0.1) is 6.92 Å². The van der Waals surface area contributed by atoms with E-state index >= 15 is 0 Å². The molecule has 0 saturated carbocycles. The van der Waals surface area contributed by atoms with Crippen molar-refractivity contribution in [3.63, 3.8) is 0 Å². The van der Waals surface area contributed by atoms with Crippen molar-refractivity contribution in [2.24, 2.45) is 0 Å². The van der Waals surface area contributed by atoms with E-state index in [9.17, 15) is 4.79 Å². The molecule has 0 aliphatic carbocycles. The van der Waals surface area contributed by atoms with E-state index in [2.05, 4.69) is 31.2 Å². The zero-order valence-corrected chi connectivity index (χ0v) is 12.4. The molecular formula is C12H15BrN4O2. The lowest BCUT2D eigenvalue weighted by Crippen LogP contribution is -2.24. The van der Waals surface area contributed by atoms with E-state index in [1.807, 2.05) is 13.8 Å². The number of nitrogens with one attached hydrogen (secondary N) is 1. The predicted octanol–water partition coefficient (Wildman–Crippen LogP) is 1.29. The van der Waals surface area contributed by atoms with Crippen molar-refractivity contribution in [1.82, 2.24) is 14.5 Å². The third-order valence-corrected chi connectivity index (χ3v) is 3.32. The van der Waals surface area contributed by atoms with Crippen LogP contribution in [0.4, 0.5) is 5.95 Å². The summed E-state index contributed by atoms with van der Waals surface area (Å²) < 4.78 is 1.89. The molecule has 0 aliphatic heterocycles. The van der Waals surface area contributed by atoms with Crippen molar-refractivity contribution in [2.45, 2.75) is 20.4 Å². The summed E-state index contributed by atoms with van der Waals surface area (Å²) in [6.07, 6.45) is 0. The molecule has 0 amide bonds. The maximum atomic E-state index is 12.1. The lowest BCUT2D eigenvalue weighted by Gasteiger charge is -2.12. The number of aliphatic hydroxyl groups is 1. The number of hydrogen-bond donors (Lipinski definition) is 2.